The van der Waals surface area contributed by atoms with Crippen LogP contribution < -0.4 is 0 Å². The summed E-state index contributed by atoms with van der Waals surface area (Å²) in [6.45, 7) is 2.26. The molecule has 1 unspecified atom stereocenters. The molecular weight excluding hydrogens is 236 g/mol. The zero-order valence-electron chi connectivity index (χ0n) is 10.4. The second-order valence-electron chi connectivity index (χ2n) is 4.56. The van der Waals surface area contributed by atoms with E-state index in [1.165, 1.54) is 69.5 Å². The number of carbonyl (C=O) groups excluding carboxylic acids is 1. The summed E-state index contributed by atoms with van der Waals surface area (Å²) in [6.07, 6.45) is 12.3. The van der Waals surface area contributed by atoms with Gasteiger partial charge in [0.05, 0.1) is 0 Å². The molecule has 0 aliphatic carbocycles. The number of hydrogen-bond donors (Lipinski definition) is 0. The van der Waals surface area contributed by atoms with Crippen molar-refractivity contribution >= 4 is 28.0 Å². The lowest BCUT2D eigenvalue weighted by atomic mass is 10.1. The summed E-state index contributed by atoms with van der Waals surface area (Å²) < 4.78 is 0.338. The Morgan fingerprint density at radius 3 is 2.25 bits per heavy atom. The molecule has 0 spiro atoms. The average molecular weight is 260 g/mol. The molecule has 3 heteroatoms. The van der Waals surface area contributed by atoms with Gasteiger partial charge in [0.1, 0.15) is 0 Å². The number of carbonyl (C=O) groups is 1. The summed E-state index contributed by atoms with van der Waals surface area (Å²) in [5.41, 5.74) is 0. The minimum atomic E-state index is 0.338. The highest BCUT2D eigenvalue weighted by atomic mass is 32.2. The van der Waals surface area contributed by atoms with Crippen LogP contribution in [-0.4, -0.2) is 15.5 Å². The van der Waals surface area contributed by atoms with E-state index in [0.717, 1.165) is 5.75 Å². The van der Waals surface area contributed by atoms with E-state index < -0.39 is 0 Å². The van der Waals surface area contributed by atoms with Gasteiger partial charge in [0.15, 0.2) is 0 Å². The van der Waals surface area contributed by atoms with Gasteiger partial charge in [0.25, 0.3) is 0 Å². The Morgan fingerprint density at radius 2 is 1.69 bits per heavy atom. The maximum Gasteiger partial charge on any atom is 0.246 e. The van der Waals surface area contributed by atoms with Crippen LogP contribution in [0.1, 0.15) is 64.7 Å². The second kappa shape index (κ2) is 9.41. The standard InChI is InChI=1S/C13H24OS2/c1-2-3-4-5-6-7-8-9-10-12-11-15-13(14)16-12/h12H,2-11H2,1H3. The zero-order chi connectivity index (χ0) is 11.6. The molecule has 0 N–H and O–H groups in total. The van der Waals surface area contributed by atoms with E-state index in [4.69, 9.17) is 0 Å². The molecule has 1 nitrogen and oxygen atoms in total. The van der Waals surface area contributed by atoms with Gasteiger partial charge in [-0.25, -0.2) is 0 Å². The van der Waals surface area contributed by atoms with Crippen LogP contribution in [0.4, 0.5) is 4.79 Å². The lowest BCUT2D eigenvalue weighted by Crippen LogP contribution is -2.00. The molecular formula is C13H24OS2. The second-order valence-corrected chi connectivity index (χ2v) is 7.09. The van der Waals surface area contributed by atoms with Gasteiger partial charge in [0.2, 0.25) is 4.45 Å². The predicted molar refractivity (Wildman–Crippen MR) is 76.5 cm³/mol. The lowest BCUT2D eigenvalue weighted by molar-refractivity contribution is 0.277. The molecule has 94 valence electrons. The fourth-order valence-electron chi connectivity index (χ4n) is 2.01. The third-order valence-electron chi connectivity index (χ3n) is 3.03. The van der Waals surface area contributed by atoms with Gasteiger partial charge in [-0.3, -0.25) is 4.79 Å². The van der Waals surface area contributed by atoms with Crippen LogP contribution in [-0.2, 0) is 0 Å². The van der Waals surface area contributed by atoms with Crippen molar-refractivity contribution in [3.05, 3.63) is 0 Å². The van der Waals surface area contributed by atoms with Crippen molar-refractivity contribution in [2.45, 2.75) is 70.0 Å². The topological polar surface area (TPSA) is 17.1 Å². The molecule has 0 aromatic rings. The van der Waals surface area contributed by atoms with Crippen molar-refractivity contribution in [2.75, 3.05) is 5.75 Å². The first-order chi connectivity index (χ1) is 7.83. The van der Waals surface area contributed by atoms with Crippen molar-refractivity contribution in [1.82, 2.24) is 0 Å². The summed E-state index contributed by atoms with van der Waals surface area (Å²) in [6, 6.07) is 0. The molecule has 1 heterocycles. The third-order valence-corrected chi connectivity index (χ3v) is 5.62. The SMILES string of the molecule is CCCCCCCCCCC1CSC(=O)S1. The van der Waals surface area contributed by atoms with Crippen LogP contribution in [0.3, 0.4) is 0 Å². The fraction of sp³-hybridized carbons (Fsp3) is 0.923. The van der Waals surface area contributed by atoms with E-state index in [9.17, 15) is 4.79 Å². The maximum absolute atomic E-state index is 11.0. The number of unbranched alkanes of at least 4 members (excludes halogenated alkanes) is 7. The van der Waals surface area contributed by atoms with Gasteiger partial charge in [0, 0.05) is 11.0 Å². The first kappa shape index (κ1) is 14.4. The smallest absolute Gasteiger partial charge is 0.246 e. The largest absolute Gasteiger partial charge is 0.274 e. The highest BCUT2D eigenvalue weighted by Crippen LogP contribution is 2.35. The van der Waals surface area contributed by atoms with Crippen LogP contribution in [0, 0.1) is 0 Å². The van der Waals surface area contributed by atoms with Gasteiger partial charge in [-0.1, -0.05) is 81.8 Å². The third kappa shape index (κ3) is 6.85. The molecule has 0 aromatic heterocycles. The Balaban J connectivity index is 1.79. The molecule has 0 amide bonds. The van der Waals surface area contributed by atoms with Crippen LogP contribution in [0.2, 0.25) is 0 Å². The number of hydrogen-bond acceptors (Lipinski definition) is 3. The monoisotopic (exact) mass is 260 g/mol. The summed E-state index contributed by atoms with van der Waals surface area (Å²) >= 11 is 3.07. The summed E-state index contributed by atoms with van der Waals surface area (Å²) in [5, 5.41) is 0.623. The van der Waals surface area contributed by atoms with Crippen LogP contribution >= 0.6 is 23.5 Å². The highest BCUT2D eigenvalue weighted by molar-refractivity contribution is 8.41. The molecule has 0 bridgehead atoms. The van der Waals surface area contributed by atoms with Crippen molar-refractivity contribution in [1.29, 1.82) is 0 Å². The van der Waals surface area contributed by atoms with E-state index in [1.54, 1.807) is 11.8 Å². The van der Waals surface area contributed by atoms with Crippen molar-refractivity contribution in [3.8, 4) is 0 Å². The van der Waals surface area contributed by atoms with E-state index >= 15 is 0 Å². The molecule has 0 aromatic carbocycles. The normalized spacial score (nSPS) is 20.6. The zero-order valence-corrected chi connectivity index (χ0v) is 12.0. The predicted octanol–water partition coefficient (Wildman–Crippen LogP) is 5.49. The number of thioether (sulfide) groups is 2. The summed E-state index contributed by atoms with van der Waals surface area (Å²) in [5.74, 6) is 1.06. The van der Waals surface area contributed by atoms with Gasteiger partial charge in [-0.15, -0.1) is 0 Å². The lowest BCUT2D eigenvalue weighted by Gasteiger charge is -2.05. The Kier molecular flexibility index (Phi) is 8.48. The van der Waals surface area contributed by atoms with Crippen molar-refractivity contribution in [2.24, 2.45) is 0 Å². The summed E-state index contributed by atoms with van der Waals surface area (Å²) in [7, 11) is 0. The fourth-order valence-corrected chi connectivity index (χ4v) is 4.42. The highest BCUT2D eigenvalue weighted by Gasteiger charge is 2.22. The Bertz CT molecular complexity index is 194. The van der Waals surface area contributed by atoms with Crippen molar-refractivity contribution in [3.63, 3.8) is 0 Å². The quantitative estimate of drug-likeness (QED) is 0.511. The minimum Gasteiger partial charge on any atom is -0.274 e. The van der Waals surface area contributed by atoms with Gasteiger partial charge >= 0.3 is 0 Å². The maximum atomic E-state index is 11.0. The number of rotatable bonds is 9. The van der Waals surface area contributed by atoms with E-state index in [0.29, 0.717) is 9.70 Å². The first-order valence-electron chi connectivity index (χ1n) is 6.66. The average Bonchev–Trinajstić information content (AvgIpc) is 2.68. The Morgan fingerprint density at radius 1 is 1.06 bits per heavy atom. The molecule has 1 fully saturated rings. The van der Waals surface area contributed by atoms with Crippen LogP contribution in [0.5, 0.6) is 0 Å². The van der Waals surface area contributed by atoms with Crippen LogP contribution in [0.25, 0.3) is 0 Å². The van der Waals surface area contributed by atoms with Gasteiger partial charge in [-0.2, -0.15) is 0 Å². The summed E-state index contributed by atoms with van der Waals surface area (Å²) in [4.78, 5) is 11.0. The molecule has 1 rings (SSSR count). The molecule has 1 atom stereocenters. The molecule has 1 aliphatic rings. The first-order valence-corrected chi connectivity index (χ1v) is 8.53. The molecule has 1 saturated heterocycles. The van der Waals surface area contributed by atoms with E-state index in [1.807, 2.05) is 0 Å². The molecule has 0 saturated carbocycles. The Hall–Kier alpha value is 0.370. The van der Waals surface area contributed by atoms with Crippen LogP contribution in [0.15, 0.2) is 0 Å². The van der Waals surface area contributed by atoms with Gasteiger partial charge in [-0.05, 0) is 6.42 Å². The van der Waals surface area contributed by atoms with Crippen molar-refractivity contribution < 1.29 is 4.79 Å². The molecule has 1 aliphatic heterocycles. The Labute approximate surface area is 109 Å². The van der Waals surface area contributed by atoms with E-state index in [-0.39, 0.29) is 0 Å². The minimum absolute atomic E-state index is 0.338. The van der Waals surface area contributed by atoms with Gasteiger partial charge < -0.3 is 0 Å². The molecule has 0 radical (unpaired) electrons. The van der Waals surface area contributed by atoms with E-state index in [2.05, 4.69) is 6.92 Å². The molecule has 16 heavy (non-hydrogen) atoms.